The third-order valence-corrected chi connectivity index (χ3v) is 3.34. The zero-order valence-corrected chi connectivity index (χ0v) is 14.7. The first-order valence-corrected chi connectivity index (χ1v) is 6.90. The summed E-state index contributed by atoms with van der Waals surface area (Å²) in [4.78, 5) is 17.9. The normalized spacial score (nSPS) is 14.3. The summed E-state index contributed by atoms with van der Waals surface area (Å²) in [5.74, 6) is 0.275. The van der Waals surface area contributed by atoms with E-state index >= 15 is 0 Å². The molecule has 0 atom stereocenters. The maximum atomic E-state index is 11.5. The van der Waals surface area contributed by atoms with E-state index < -0.39 is 0 Å². The molecule has 21 heavy (non-hydrogen) atoms. The van der Waals surface area contributed by atoms with Crippen molar-refractivity contribution in [2.24, 2.45) is 10.7 Å². The number of esters is 1. The van der Waals surface area contributed by atoms with E-state index in [0.717, 1.165) is 5.56 Å². The van der Waals surface area contributed by atoms with Crippen LogP contribution in [-0.2, 0) is 11.3 Å². The predicted molar refractivity (Wildman–Crippen MR) is 93.9 cm³/mol. The fourth-order valence-corrected chi connectivity index (χ4v) is 1.89. The Hall–Kier alpha value is -1.31. The van der Waals surface area contributed by atoms with Crippen LogP contribution in [0.15, 0.2) is 29.3 Å². The molecule has 5 nitrogen and oxygen atoms in total. The van der Waals surface area contributed by atoms with E-state index in [2.05, 4.69) is 4.99 Å². The number of nitrogens with two attached hydrogens (primary N) is 1. The van der Waals surface area contributed by atoms with Gasteiger partial charge in [0.05, 0.1) is 18.7 Å². The van der Waals surface area contributed by atoms with Gasteiger partial charge in [-0.15, -0.1) is 24.0 Å². The second-order valence-corrected chi connectivity index (χ2v) is 4.93. The van der Waals surface area contributed by atoms with Gasteiger partial charge in [0.1, 0.15) is 0 Å². The number of carbonyl (C=O) groups is 1. The molecule has 0 radical (unpaired) electrons. The van der Waals surface area contributed by atoms with Crippen molar-refractivity contribution in [2.75, 3.05) is 13.7 Å². The van der Waals surface area contributed by atoms with E-state index in [1.807, 2.05) is 24.1 Å². The molecule has 0 spiro atoms. The highest BCUT2D eigenvalue weighted by atomic mass is 127. The van der Waals surface area contributed by atoms with Gasteiger partial charge in [0.25, 0.3) is 0 Å². The maximum absolute atomic E-state index is 11.5. The highest BCUT2D eigenvalue weighted by molar-refractivity contribution is 14.0. The molecule has 2 N–H and O–H groups in total. The first-order valence-electron chi connectivity index (χ1n) is 6.90. The van der Waals surface area contributed by atoms with E-state index in [0.29, 0.717) is 30.7 Å². The molecule has 1 saturated carbocycles. The molecule has 1 aromatic rings. The lowest BCUT2D eigenvalue weighted by atomic mass is 10.1. The highest BCUT2D eigenvalue weighted by Gasteiger charge is 2.27. The second kappa shape index (κ2) is 8.21. The number of nitrogens with zero attached hydrogens (tertiary/aromatic N) is 2. The van der Waals surface area contributed by atoms with Gasteiger partial charge in [-0.25, -0.2) is 9.79 Å². The Bertz CT molecular complexity index is 498. The molecule has 1 aromatic carbocycles. The molecule has 1 fully saturated rings. The Balaban J connectivity index is 0.00000220. The maximum Gasteiger partial charge on any atom is 0.338 e. The average molecular weight is 403 g/mol. The molecule has 0 heterocycles. The van der Waals surface area contributed by atoms with Crippen LogP contribution in [0, 0.1) is 0 Å². The van der Waals surface area contributed by atoms with E-state index in [-0.39, 0.29) is 29.9 Å². The van der Waals surface area contributed by atoms with Crippen LogP contribution in [0.2, 0.25) is 0 Å². The SMILES string of the molecule is CCOC(=O)c1ccc(CN=C(N)N(C)C2CC2)cc1.I. The van der Waals surface area contributed by atoms with E-state index in [1.165, 1.54) is 12.8 Å². The molecular weight excluding hydrogens is 381 g/mol. The van der Waals surface area contributed by atoms with Crippen molar-refractivity contribution >= 4 is 35.9 Å². The molecule has 0 saturated heterocycles. The van der Waals surface area contributed by atoms with Crippen molar-refractivity contribution in [3.63, 3.8) is 0 Å². The zero-order valence-electron chi connectivity index (χ0n) is 12.4. The molecule has 0 aliphatic heterocycles. The lowest BCUT2D eigenvalue weighted by Crippen LogP contribution is -2.35. The number of halogens is 1. The van der Waals surface area contributed by atoms with Gasteiger partial charge in [-0.3, -0.25) is 0 Å². The van der Waals surface area contributed by atoms with Crippen molar-refractivity contribution in [1.29, 1.82) is 0 Å². The minimum atomic E-state index is -0.296. The molecule has 0 amide bonds. The van der Waals surface area contributed by atoms with E-state index in [9.17, 15) is 4.79 Å². The number of ether oxygens (including phenoxy) is 1. The first-order chi connectivity index (χ1) is 9.61. The van der Waals surface area contributed by atoms with Gasteiger partial charge < -0.3 is 15.4 Å². The molecule has 0 aromatic heterocycles. The Labute approximate surface area is 142 Å². The Kier molecular flexibility index (Phi) is 6.94. The summed E-state index contributed by atoms with van der Waals surface area (Å²) in [6.07, 6.45) is 2.39. The average Bonchev–Trinajstić information content (AvgIpc) is 3.29. The summed E-state index contributed by atoms with van der Waals surface area (Å²) in [6.45, 7) is 2.70. The number of carbonyl (C=O) groups excluding carboxylic acids is 1. The van der Waals surface area contributed by atoms with Crippen molar-refractivity contribution < 1.29 is 9.53 Å². The molecule has 0 unspecified atom stereocenters. The quantitative estimate of drug-likeness (QED) is 0.355. The van der Waals surface area contributed by atoms with Gasteiger partial charge in [-0.05, 0) is 37.5 Å². The summed E-state index contributed by atoms with van der Waals surface area (Å²) in [7, 11) is 1.97. The molecule has 1 aliphatic carbocycles. The molecular formula is C15H22IN3O2. The molecule has 0 bridgehead atoms. The fourth-order valence-electron chi connectivity index (χ4n) is 1.89. The van der Waals surface area contributed by atoms with Gasteiger partial charge in [0.2, 0.25) is 0 Å². The van der Waals surface area contributed by atoms with Crippen LogP contribution in [0.4, 0.5) is 0 Å². The summed E-state index contributed by atoms with van der Waals surface area (Å²) in [5.41, 5.74) is 7.50. The lowest BCUT2D eigenvalue weighted by molar-refractivity contribution is 0.0526. The number of guanidine groups is 1. The third-order valence-electron chi connectivity index (χ3n) is 3.34. The lowest BCUT2D eigenvalue weighted by Gasteiger charge is -2.16. The monoisotopic (exact) mass is 403 g/mol. The highest BCUT2D eigenvalue weighted by Crippen LogP contribution is 2.24. The smallest absolute Gasteiger partial charge is 0.338 e. The van der Waals surface area contributed by atoms with Gasteiger partial charge >= 0.3 is 5.97 Å². The molecule has 1 aliphatic rings. The number of benzene rings is 1. The standard InChI is InChI=1S/C15H21N3O2.HI/c1-3-20-14(19)12-6-4-11(5-7-12)10-17-15(16)18(2)13-8-9-13;/h4-7,13H,3,8-10H2,1-2H3,(H2,16,17);1H. The summed E-state index contributed by atoms with van der Waals surface area (Å²) in [6, 6.07) is 7.82. The summed E-state index contributed by atoms with van der Waals surface area (Å²) >= 11 is 0. The summed E-state index contributed by atoms with van der Waals surface area (Å²) < 4.78 is 4.94. The van der Waals surface area contributed by atoms with Crippen molar-refractivity contribution in [1.82, 2.24) is 4.90 Å². The van der Waals surface area contributed by atoms with Crippen LogP contribution in [0.1, 0.15) is 35.7 Å². The number of aliphatic imine (C=N–C) groups is 1. The Morgan fingerprint density at radius 2 is 2.00 bits per heavy atom. The zero-order chi connectivity index (χ0) is 14.5. The fraction of sp³-hybridized carbons (Fsp3) is 0.467. The van der Waals surface area contributed by atoms with Gasteiger partial charge in [0, 0.05) is 13.1 Å². The Morgan fingerprint density at radius 3 is 2.52 bits per heavy atom. The van der Waals surface area contributed by atoms with Crippen LogP contribution in [-0.4, -0.2) is 36.5 Å². The number of hydrogen-bond acceptors (Lipinski definition) is 3. The van der Waals surface area contributed by atoms with Gasteiger partial charge in [-0.1, -0.05) is 12.1 Å². The van der Waals surface area contributed by atoms with Crippen molar-refractivity contribution in [3.8, 4) is 0 Å². The van der Waals surface area contributed by atoms with E-state index in [1.54, 1.807) is 19.1 Å². The minimum Gasteiger partial charge on any atom is -0.462 e. The minimum absolute atomic E-state index is 0. The van der Waals surface area contributed by atoms with Crippen LogP contribution >= 0.6 is 24.0 Å². The predicted octanol–water partition coefficient (Wildman–Crippen LogP) is 2.39. The topological polar surface area (TPSA) is 67.9 Å². The Morgan fingerprint density at radius 1 is 1.38 bits per heavy atom. The third kappa shape index (κ3) is 5.18. The number of hydrogen-bond donors (Lipinski definition) is 1. The number of rotatable bonds is 5. The van der Waals surface area contributed by atoms with Crippen LogP contribution in [0.3, 0.4) is 0 Å². The van der Waals surface area contributed by atoms with Gasteiger partial charge in [-0.2, -0.15) is 0 Å². The largest absolute Gasteiger partial charge is 0.462 e. The van der Waals surface area contributed by atoms with Crippen molar-refractivity contribution in [3.05, 3.63) is 35.4 Å². The second-order valence-electron chi connectivity index (χ2n) is 4.93. The van der Waals surface area contributed by atoms with Crippen molar-refractivity contribution in [2.45, 2.75) is 32.4 Å². The summed E-state index contributed by atoms with van der Waals surface area (Å²) in [5, 5.41) is 0. The molecule has 6 heteroatoms. The van der Waals surface area contributed by atoms with E-state index in [4.69, 9.17) is 10.5 Å². The van der Waals surface area contributed by atoms with Crippen LogP contribution < -0.4 is 5.73 Å². The van der Waals surface area contributed by atoms with Crippen LogP contribution in [0.25, 0.3) is 0 Å². The first kappa shape index (κ1) is 17.7. The van der Waals surface area contributed by atoms with Gasteiger partial charge in [0.15, 0.2) is 5.96 Å². The molecule has 2 rings (SSSR count). The van der Waals surface area contributed by atoms with Crippen LogP contribution in [0.5, 0.6) is 0 Å². The molecule has 116 valence electrons.